The predicted octanol–water partition coefficient (Wildman–Crippen LogP) is 2.29. The SMILES string of the molecule is O=C(Nc1cc([N+](=O)[O-])ccc1Cl)c1cnccn1. The van der Waals surface area contributed by atoms with Crippen molar-refractivity contribution in [3.05, 3.63) is 57.6 Å². The molecule has 0 atom stereocenters. The van der Waals surface area contributed by atoms with Crippen LogP contribution >= 0.6 is 11.6 Å². The van der Waals surface area contributed by atoms with E-state index in [4.69, 9.17) is 11.6 Å². The molecule has 8 heteroatoms. The molecule has 0 aliphatic heterocycles. The number of carbonyl (C=O) groups is 1. The number of nitrogens with one attached hydrogen (secondary N) is 1. The van der Waals surface area contributed by atoms with Gasteiger partial charge in [0.2, 0.25) is 0 Å². The number of nitrogens with zero attached hydrogens (tertiary/aromatic N) is 3. The summed E-state index contributed by atoms with van der Waals surface area (Å²) in [5, 5.41) is 13.3. The summed E-state index contributed by atoms with van der Waals surface area (Å²) in [5.41, 5.74) is 0.0652. The van der Waals surface area contributed by atoms with Crippen molar-refractivity contribution in [1.82, 2.24) is 9.97 Å². The molecule has 0 spiro atoms. The Morgan fingerprint density at radius 1 is 1.37 bits per heavy atom. The van der Waals surface area contributed by atoms with Gasteiger partial charge in [-0.25, -0.2) is 4.98 Å². The number of halogens is 1. The number of nitro benzene ring substituents is 1. The second kappa shape index (κ2) is 5.40. The van der Waals surface area contributed by atoms with Crippen LogP contribution in [0.5, 0.6) is 0 Å². The quantitative estimate of drug-likeness (QED) is 0.686. The molecule has 19 heavy (non-hydrogen) atoms. The normalized spacial score (nSPS) is 9.95. The van der Waals surface area contributed by atoms with Crippen LogP contribution in [0.3, 0.4) is 0 Å². The molecular weight excluding hydrogens is 272 g/mol. The zero-order valence-corrected chi connectivity index (χ0v) is 10.2. The molecule has 1 N–H and O–H groups in total. The van der Waals surface area contributed by atoms with E-state index in [1.165, 1.54) is 36.8 Å². The third-order valence-electron chi connectivity index (χ3n) is 2.20. The first-order valence-electron chi connectivity index (χ1n) is 5.09. The Bertz CT molecular complexity index is 633. The molecule has 0 unspecified atom stereocenters. The van der Waals surface area contributed by atoms with Crippen molar-refractivity contribution in [1.29, 1.82) is 0 Å². The minimum atomic E-state index is -0.575. The van der Waals surface area contributed by atoms with E-state index in [2.05, 4.69) is 15.3 Å². The van der Waals surface area contributed by atoms with E-state index in [-0.39, 0.29) is 22.1 Å². The van der Waals surface area contributed by atoms with Gasteiger partial charge < -0.3 is 5.32 Å². The summed E-state index contributed by atoms with van der Waals surface area (Å²) >= 11 is 5.86. The maximum absolute atomic E-state index is 11.8. The Balaban J connectivity index is 2.26. The van der Waals surface area contributed by atoms with Crippen LogP contribution in [0.4, 0.5) is 11.4 Å². The molecule has 0 bridgehead atoms. The average Bonchev–Trinajstić information content (AvgIpc) is 2.42. The number of amides is 1. The molecule has 0 fully saturated rings. The van der Waals surface area contributed by atoms with E-state index >= 15 is 0 Å². The maximum Gasteiger partial charge on any atom is 0.275 e. The number of aromatic nitrogens is 2. The fraction of sp³-hybridized carbons (Fsp3) is 0. The van der Waals surface area contributed by atoms with Crippen molar-refractivity contribution < 1.29 is 9.72 Å². The van der Waals surface area contributed by atoms with E-state index in [1.807, 2.05) is 0 Å². The molecule has 1 aromatic heterocycles. The first-order valence-corrected chi connectivity index (χ1v) is 5.47. The lowest BCUT2D eigenvalue weighted by molar-refractivity contribution is -0.384. The highest BCUT2D eigenvalue weighted by molar-refractivity contribution is 6.34. The molecule has 1 aromatic carbocycles. The Labute approximate surface area is 112 Å². The fourth-order valence-corrected chi connectivity index (χ4v) is 1.49. The van der Waals surface area contributed by atoms with Gasteiger partial charge in [-0.1, -0.05) is 11.6 Å². The number of benzene rings is 1. The van der Waals surface area contributed by atoms with Crippen LogP contribution in [0.15, 0.2) is 36.8 Å². The fourth-order valence-electron chi connectivity index (χ4n) is 1.33. The number of nitro groups is 1. The summed E-state index contributed by atoms with van der Waals surface area (Å²) in [6, 6.07) is 3.77. The summed E-state index contributed by atoms with van der Waals surface area (Å²) in [5.74, 6) is -0.546. The summed E-state index contributed by atoms with van der Waals surface area (Å²) < 4.78 is 0. The van der Waals surface area contributed by atoms with Crippen molar-refractivity contribution >= 4 is 28.9 Å². The maximum atomic E-state index is 11.8. The third-order valence-corrected chi connectivity index (χ3v) is 2.53. The molecule has 1 amide bonds. The van der Waals surface area contributed by atoms with Crippen LogP contribution in [0.2, 0.25) is 5.02 Å². The highest BCUT2D eigenvalue weighted by Crippen LogP contribution is 2.26. The first kappa shape index (κ1) is 12.9. The largest absolute Gasteiger partial charge is 0.319 e. The second-order valence-corrected chi connectivity index (χ2v) is 3.87. The standard InChI is InChI=1S/C11H7ClN4O3/c12-8-2-1-7(16(18)19)5-9(8)15-11(17)10-6-13-3-4-14-10/h1-6H,(H,15,17). The van der Waals surface area contributed by atoms with Gasteiger partial charge in [0.25, 0.3) is 11.6 Å². The van der Waals surface area contributed by atoms with Crippen molar-refractivity contribution in [2.24, 2.45) is 0 Å². The van der Waals surface area contributed by atoms with Crippen LogP contribution < -0.4 is 5.32 Å². The topological polar surface area (TPSA) is 98.0 Å². The monoisotopic (exact) mass is 278 g/mol. The number of non-ortho nitro benzene ring substituents is 1. The Hall–Kier alpha value is -2.54. The molecular formula is C11H7ClN4O3. The van der Waals surface area contributed by atoms with E-state index in [0.717, 1.165) is 0 Å². The van der Waals surface area contributed by atoms with Gasteiger partial charge in [-0.3, -0.25) is 19.9 Å². The zero-order chi connectivity index (χ0) is 13.8. The van der Waals surface area contributed by atoms with Crippen LogP contribution in [0, 0.1) is 10.1 Å². The first-order chi connectivity index (χ1) is 9.08. The molecule has 0 saturated heterocycles. The highest BCUT2D eigenvalue weighted by Gasteiger charge is 2.13. The van der Waals surface area contributed by atoms with Crippen LogP contribution in [-0.4, -0.2) is 20.8 Å². The van der Waals surface area contributed by atoms with E-state index in [0.29, 0.717) is 0 Å². The average molecular weight is 279 g/mol. The Morgan fingerprint density at radius 2 is 2.16 bits per heavy atom. The lowest BCUT2D eigenvalue weighted by atomic mass is 10.2. The summed E-state index contributed by atoms with van der Waals surface area (Å²) in [6.07, 6.45) is 4.07. The van der Waals surface area contributed by atoms with Crippen molar-refractivity contribution in [2.45, 2.75) is 0 Å². The van der Waals surface area contributed by atoms with E-state index in [9.17, 15) is 14.9 Å². The van der Waals surface area contributed by atoms with E-state index in [1.54, 1.807) is 0 Å². The van der Waals surface area contributed by atoms with Gasteiger partial charge >= 0.3 is 0 Å². The number of rotatable bonds is 3. The van der Waals surface area contributed by atoms with Crippen LogP contribution in [0.1, 0.15) is 10.5 Å². The third kappa shape index (κ3) is 3.02. The molecule has 0 aliphatic carbocycles. The molecule has 0 radical (unpaired) electrons. The molecule has 0 saturated carbocycles. The minimum absolute atomic E-state index is 0.0880. The van der Waals surface area contributed by atoms with Crippen molar-refractivity contribution in [3.8, 4) is 0 Å². The van der Waals surface area contributed by atoms with Gasteiger partial charge in [-0.05, 0) is 6.07 Å². The Morgan fingerprint density at radius 3 is 2.79 bits per heavy atom. The van der Waals surface area contributed by atoms with Crippen LogP contribution in [-0.2, 0) is 0 Å². The number of carbonyl (C=O) groups excluding carboxylic acids is 1. The van der Waals surface area contributed by atoms with Gasteiger partial charge in [-0.15, -0.1) is 0 Å². The predicted molar refractivity (Wildman–Crippen MR) is 68.1 cm³/mol. The lowest BCUT2D eigenvalue weighted by Gasteiger charge is -2.06. The number of hydrogen-bond donors (Lipinski definition) is 1. The molecule has 2 aromatic rings. The van der Waals surface area contributed by atoms with Crippen molar-refractivity contribution in [2.75, 3.05) is 5.32 Å². The molecule has 0 aliphatic rings. The minimum Gasteiger partial charge on any atom is -0.319 e. The molecule has 7 nitrogen and oxygen atoms in total. The van der Waals surface area contributed by atoms with Gasteiger partial charge in [0.15, 0.2) is 0 Å². The van der Waals surface area contributed by atoms with Gasteiger partial charge in [-0.2, -0.15) is 0 Å². The molecule has 96 valence electrons. The summed E-state index contributed by atoms with van der Waals surface area (Å²) in [4.78, 5) is 29.4. The smallest absolute Gasteiger partial charge is 0.275 e. The Kier molecular flexibility index (Phi) is 3.67. The van der Waals surface area contributed by atoms with Crippen LogP contribution in [0.25, 0.3) is 0 Å². The zero-order valence-electron chi connectivity index (χ0n) is 9.41. The van der Waals surface area contributed by atoms with E-state index < -0.39 is 10.8 Å². The second-order valence-electron chi connectivity index (χ2n) is 3.47. The summed E-state index contributed by atoms with van der Waals surface area (Å²) in [6.45, 7) is 0. The van der Waals surface area contributed by atoms with Gasteiger partial charge in [0, 0.05) is 24.5 Å². The van der Waals surface area contributed by atoms with Gasteiger partial charge in [0.05, 0.1) is 21.8 Å². The highest BCUT2D eigenvalue weighted by atomic mass is 35.5. The molecule has 1 heterocycles. The number of anilines is 1. The molecule has 2 rings (SSSR count). The van der Waals surface area contributed by atoms with Gasteiger partial charge in [0.1, 0.15) is 5.69 Å². The lowest BCUT2D eigenvalue weighted by Crippen LogP contribution is -2.14. The number of hydrogen-bond acceptors (Lipinski definition) is 5. The van der Waals surface area contributed by atoms with Crippen molar-refractivity contribution in [3.63, 3.8) is 0 Å². The summed E-state index contributed by atoms with van der Waals surface area (Å²) in [7, 11) is 0.